The van der Waals surface area contributed by atoms with Crippen molar-refractivity contribution in [1.29, 1.82) is 0 Å². The molecule has 0 fully saturated rings. The number of hydrogen-bond donors (Lipinski definition) is 2. The van der Waals surface area contributed by atoms with Gasteiger partial charge in [-0.05, 0) is 31.5 Å². The number of hydrogen-bond acceptors (Lipinski definition) is 6. The molecule has 0 atom stereocenters. The van der Waals surface area contributed by atoms with Crippen LogP contribution in [-0.2, 0) is 6.61 Å². The molecule has 7 nitrogen and oxygen atoms in total. The van der Waals surface area contributed by atoms with E-state index in [1.807, 2.05) is 0 Å². The molecule has 0 aromatic carbocycles. The zero-order chi connectivity index (χ0) is 13.8. The van der Waals surface area contributed by atoms with E-state index in [-0.39, 0.29) is 18.3 Å². The second-order valence-electron chi connectivity index (χ2n) is 3.94. The predicted molar refractivity (Wildman–Crippen MR) is 67.1 cm³/mol. The zero-order valence-corrected chi connectivity index (χ0v) is 10.6. The molecule has 2 rings (SSSR count). The van der Waals surface area contributed by atoms with Crippen LogP contribution in [0.4, 0.5) is 0 Å². The third-order valence-corrected chi connectivity index (χ3v) is 2.72. The highest BCUT2D eigenvalue weighted by Crippen LogP contribution is 2.21. The van der Waals surface area contributed by atoms with Gasteiger partial charge in [-0.15, -0.1) is 5.10 Å². The number of oxime groups is 1. The molecule has 2 aromatic heterocycles. The summed E-state index contributed by atoms with van der Waals surface area (Å²) in [6, 6.07) is 3.53. The fourth-order valence-electron chi connectivity index (χ4n) is 1.57. The molecule has 0 unspecified atom stereocenters. The number of nitrogens with zero attached hydrogens (tertiary/aromatic N) is 3. The van der Waals surface area contributed by atoms with Gasteiger partial charge in [0.05, 0.1) is 17.5 Å². The maximum Gasteiger partial charge on any atom is 0.245 e. The van der Waals surface area contributed by atoms with E-state index in [9.17, 15) is 0 Å². The fraction of sp³-hybridized carbons (Fsp3) is 0.250. The standard InChI is InChI=1S/C12H14N4O3/c1-7-8(2)14-15-12(10(7)11(13)16-17)19-6-9-4-3-5-18-9/h3-5,17H,6H2,1-2H3,(H2,13,16). The van der Waals surface area contributed by atoms with E-state index in [0.29, 0.717) is 17.0 Å². The number of rotatable bonds is 4. The van der Waals surface area contributed by atoms with Crippen LogP contribution in [0.1, 0.15) is 22.6 Å². The molecule has 0 saturated heterocycles. The van der Waals surface area contributed by atoms with Gasteiger partial charge in [-0.2, -0.15) is 5.10 Å². The summed E-state index contributed by atoms with van der Waals surface area (Å²) in [6.45, 7) is 3.78. The molecular formula is C12H14N4O3. The number of nitrogens with two attached hydrogens (primary N) is 1. The second-order valence-corrected chi connectivity index (χ2v) is 3.94. The molecule has 0 radical (unpaired) electrons. The number of aryl methyl sites for hydroxylation is 1. The summed E-state index contributed by atoms with van der Waals surface area (Å²) in [4.78, 5) is 0. The fourth-order valence-corrected chi connectivity index (χ4v) is 1.57. The first-order chi connectivity index (χ1) is 9.13. The van der Waals surface area contributed by atoms with E-state index < -0.39 is 0 Å². The van der Waals surface area contributed by atoms with Gasteiger partial charge in [0, 0.05) is 0 Å². The molecule has 100 valence electrons. The van der Waals surface area contributed by atoms with Crippen molar-refractivity contribution < 1.29 is 14.4 Å². The molecule has 0 aliphatic rings. The van der Waals surface area contributed by atoms with E-state index in [1.165, 1.54) is 0 Å². The van der Waals surface area contributed by atoms with Crippen molar-refractivity contribution in [3.63, 3.8) is 0 Å². The Kier molecular flexibility index (Phi) is 3.65. The molecule has 7 heteroatoms. The quantitative estimate of drug-likeness (QED) is 0.373. The average Bonchev–Trinajstić information content (AvgIpc) is 2.92. The first-order valence-electron chi connectivity index (χ1n) is 5.60. The summed E-state index contributed by atoms with van der Waals surface area (Å²) in [7, 11) is 0. The number of ether oxygens (including phenoxy) is 1. The van der Waals surface area contributed by atoms with Crippen molar-refractivity contribution in [3.8, 4) is 5.88 Å². The van der Waals surface area contributed by atoms with Crippen molar-refractivity contribution in [2.75, 3.05) is 0 Å². The van der Waals surface area contributed by atoms with Crippen molar-refractivity contribution >= 4 is 5.84 Å². The van der Waals surface area contributed by atoms with Crippen LogP contribution >= 0.6 is 0 Å². The first-order valence-corrected chi connectivity index (χ1v) is 5.60. The Bertz CT molecular complexity index is 593. The van der Waals surface area contributed by atoms with Gasteiger partial charge in [-0.1, -0.05) is 5.16 Å². The van der Waals surface area contributed by atoms with E-state index in [1.54, 1.807) is 32.2 Å². The Balaban J connectivity index is 2.31. The van der Waals surface area contributed by atoms with Crippen LogP contribution in [0.25, 0.3) is 0 Å². The van der Waals surface area contributed by atoms with E-state index in [4.69, 9.17) is 20.1 Å². The van der Waals surface area contributed by atoms with Crippen LogP contribution in [0.2, 0.25) is 0 Å². The lowest BCUT2D eigenvalue weighted by Crippen LogP contribution is -2.19. The van der Waals surface area contributed by atoms with Gasteiger partial charge < -0.3 is 20.1 Å². The van der Waals surface area contributed by atoms with Gasteiger partial charge in [0.1, 0.15) is 12.4 Å². The summed E-state index contributed by atoms with van der Waals surface area (Å²) in [5, 5.41) is 19.7. The van der Waals surface area contributed by atoms with Crippen LogP contribution in [0.3, 0.4) is 0 Å². The molecule has 0 aliphatic heterocycles. The van der Waals surface area contributed by atoms with E-state index >= 15 is 0 Å². The van der Waals surface area contributed by atoms with Crippen LogP contribution in [0, 0.1) is 13.8 Å². The molecule has 2 aromatic rings. The van der Waals surface area contributed by atoms with Crippen molar-refractivity contribution in [2.45, 2.75) is 20.5 Å². The Morgan fingerprint density at radius 2 is 2.26 bits per heavy atom. The normalized spacial score (nSPS) is 11.6. The molecule has 19 heavy (non-hydrogen) atoms. The summed E-state index contributed by atoms with van der Waals surface area (Å²) in [5.41, 5.74) is 7.51. The van der Waals surface area contributed by atoms with Crippen molar-refractivity contribution in [2.24, 2.45) is 10.9 Å². The topological polar surface area (TPSA) is 107 Å². The minimum Gasteiger partial charge on any atom is -0.468 e. The van der Waals surface area contributed by atoms with Gasteiger partial charge in [-0.25, -0.2) is 0 Å². The monoisotopic (exact) mass is 262 g/mol. The maximum absolute atomic E-state index is 8.82. The highest BCUT2D eigenvalue weighted by atomic mass is 16.5. The Morgan fingerprint density at radius 3 is 2.89 bits per heavy atom. The molecule has 2 heterocycles. The molecule has 0 saturated carbocycles. The van der Waals surface area contributed by atoms with E-state index in [0.717, 1.165) is 5.56 Å². The Hall–Kier alpha value is -2.57. The average molecular weight is 262 g/mol. The van der Waals surface area contributed by atoms with Crippen LogP contribution < -0.4 is 10.5 Å². The van der Waals surface area contributed by atoms with Gasteiger partial charge in [0.2, 0.25) is 5.88 Å². The van der Waals surface area contributed by atoms with Crippen LogP contribution in [0.15, 0.2) is 28.0 Å². The third kappa shape index (κ3) is 2.65. The van der Waals surface area contributed by atoms with Crippen LogP contribution in [0.5, 0.6) is 5.88 Å². The van der Waals surface area contributed by atoms with Gasteiger partial charge in [-0.3, -0.25) is 0 Å². The summed E-state index contributed by atoms with van der Waals surface area (Å²) in [5.74, 6) is 0.783. The predicted octanol–water partition coefficient (Wildman–Crippen LogP) is 1.36. The lowest BCUT2D eigenvalue weighted by Gasteiger charge is -2.11. The molecular weight excluding hydrogens is 248 g/mol. The largest absolute Gasteiger partial charge is 0.468 e. The first kappa shape index (κ1) is 12.9. The summed E-state index contributed by atoms with van der Waals surface area (Å²) in [6.07, 6.45) is 1.55. The molecule has 3 N–H and O–H groups in total. The third-order valence-electron chi connectivity index (χ3n) is 2.72. The summed E-state index contributed by atoms with van der Waals surface area (Å²) >= 11 is 0. The smallest absolute Gasteiger partial charge is 0.245 e. The van der Waals surface area contributed by atoms with Crippen molar-refractivity contribution in [1.82, 2.24) is 10.2 Å². The van der Waals surface area contributed by atoms with Gasteiger partial charge in [0.25, 0.3) is 0 Å². The van der Waals surface area contributed by atoms with Gasteiger partial charge in [0.15, 0.2) is 5.84 Å². The highest BCUT2D eigenvalue weighted by molar-refractivity contribution is 6.00. The SMILES string of the molecule is Cc1nnc(OCc2ccco2)c(/C(N)=N/O)c1C. The Labute approximate surface area is 109 Å². The minimum absolute atomic E-state index is 0.0649. The van der Waals surface area contributed by atoms with Gasteiger partial charge >= 0.3 is 0 Å². The van der Waals surface area contributed by atoms with Crippen LogP contribution in [-0.4, -0.2) is 21.2 Å². The maximum atomic E-state index is 8.82. The molecule has 0 aliphatic carbocycles. The molecule has 0 spiro atoms. The molecule has 0 amide bonds. The highest BCUT2D eigenvalue weighted by Gasteiger charge is 2.16. The molecule has 0 bridgehead atoms. The minimum atomic E-state index is -0.0649. The zero-order valence-electron chi connectivity index (χ0n) is 10.6. The Morgan fingerprint density at radius 1 is 1.47 bits per heavy atom. The number of furan rings is 1. The van der Waals surface area contributed by atoms with E-state index in [2.05, 4.69) is 15.4 Å². The summed E-state index contributed by atoms with van der Waals surface area (Å²) < 4.78 is 10.7. The lowest BCUT2D eigenvalue weighted by atomic mass is 10.1. The lowest BCUT2D eigenvalue weighted by molar-refractivity contribution is 0.256. The number of amidine groups is 1. The second kappa shape index (κ2) is 5.38. The van der Waals surface area contributed by atoms with Crippen molar-refractivity contribution in [3.05, 3.63) is 41.0 Å². The number of aromatic nitrogens is 2.